The number of terminal acetylenes is 1. The second-order valence-electron chi connectivity index (χ2n) is 6.35. The number of anilines is 1. The second kappa shape index (κ2) is 11.2. The van der Waals surface area contributed by atoms with Crippen molar-refractivity contribution in [3.05, 3.63) is 16.7 Å². The molecule has 0 aromatic carbocycles. The minimum atomic E-state index is -4.49. The van der Waals surface area contributed by atoms with Crippen LogP contribution in [0.5, 0.6) is 0 Å². The third-order valence-electron chi connectivity index (χ3n) is 4.29. The van der Waals surface area contributed by atoms with Crippen molar-refractivity contribution in [2.45, 2.75) is 32.9 Å². The molecule has 0 aliphatic carbocycles. The van der Waals surface area contributed by atoms with E-state index in [-0.39, 0.29) is 23.7 Å². The summed E-state index contributed by atoms with van der Waals surface area (Å²) >= 11 is 0. The molecule has 2 rings (SSSR count). The maximum absolute atomic E-state index is 11.7. The molecule has 0 amide bonds. The number of hydrogen-bond acceptors (Lipinski definition) is 8. The van der Waals surface area contributed by atoms with Crippen LogP contribution in [-0.4, -0.2) is 77.5 Å². The molecular formula is C17H29N6O6P. The SMILES string of the molecule is C#C[C@@](CO)(Cn1cnc2c(=O)[nH]c(N)nc21)OCP(=O)(O)O.CCN(CC)CC. The fraction of sp³-hybridized carbons (Fsp3) is 0.588. The standard InChI is InChI=1S/C11H14N5O6P.C6H15N/c1-2-11(4-17,22-6-23(19,20)21)3-16-5-13-7-8(16)14-10(12)15-9(7)18;1-4-7(5-2)6-3/h1,5,17H,3-4,6H2,(H2,19,20,21)(H3,12,14,15,18);4-6H2,1-3H3/t11-;/m0./s1. The van der Waals surface area contributed by atoms with E-state index in [1.165, 1.54) is 30.5 Å². The van der Waals surface area contributed by atoms with Crippen LogP contribution in [0.25, 0.3) is 11.2 Å². The lowest BCUT2D eigenvalue weighted by Gasteiger charge is -2.27. The monoisotopic (exact) mass is 444 g/mol. The number of nitrogens with one attached hydrogen (secondary N) is 1. The zero-order valence-corrected chi connectivity index (χ0v) is 18.2. The molecule has 0 aliphatic heterocycles. The first-order chi connectivity index (χ1) is 14.0. The Balaban J connectivity index is 0.000000553. The van der Waals surface area contributed by atoms with E-state index in [0.29, 0.717) is 0 Å². The first-order valence-electron chi connectivity index (χ1n) is 9.24. The number of aliphatic hydroxyl groups excluding tert-OH is 1. The number of nitrogens with zero attached hydrogens (tertiary/aromatic N) is 4. The molecule has 6 N–H and O–H groups in total. The number of H-pyrrole nitrogens is 1. The maximum Gasteiger partial charge on any atom is 0.351 e. The van der Waals surface area contributed by atoms with Gasteiger partial charge >= 0.3 is 7.60 Å². The summed E-state index contributed by atoms with van der Waals surface area (Å²) in [6, 6.07) is 0. The van der Waals surface area contributed by atoms with Crippen molar-refractivity contribution in [3.63, 3.8) is 0 Å². The van der Waals surface area contributed by atoms with Crippen molar-refractivity contribution < 1.29 is 24.2 Å². The van der Waals surface area contributed by atoms with Crippen LogP contribution < -0.4 is 11.3 Å². The lowest BCUT2D eigenvalue weighted by Crippen LogP contribution is -2.40. The minimum Gasteiger partial charge on any atom is -0.392 e. The number of nitrogens with two attached hydrogens (primary N) is 1. The molecule has 0 bridgehead atoms. The molecule has 0 unspecified atom stereocenters. The van der Waals surface area contributed by atoms with Gasteiger partial charge < -0.3 is 34.8 Å². The van der Waals surface area contributed by atoms with Crippen LogP contribution in [-0.2, 0) is 15.8 Å². The van der Waals surface area contributed by atoms with Gasteiger partial charge in [0.25, 0.3) is 5.56 Å². The molecule has 2 heterocycles. The zero-order valence-electron chi connectivity index (χ0n) is 17.3. The molecule has 0 aliphatic rings. The molecule has 13 heteroatoms. The molecule has 0 radical (unpaired) electrons. The zero-order chi connectivity index (χ0) is 22.9. The van der Waals surface area contributed by atoms with Gasteiger partial charge in [-0.15, -0.1) is 6.42 Å². The van der Waals surface area contributed by atoms with Crippen LogP contribution in [0, 0.1) is 12.3 Å². The molecule has 2 aromatic rings. The average molecular weight is 444 g/mol. The van der Waals surface area contributed by atoms with Crippen molar-refractivity contribution in [1.29, 1.82) is 0 Å². The van der Waals surface area contributed by atoms with Gasteiger partial charge in [-0.05, 0) is 19.6 Å². The van der Waals surface area contributed by atoms with Gasteiger partial charge in [0, 0.05) is 0 Å². The molecule has 0 spiro atoms. The summed E-state index contributed by atoms with van der Waals surface area (Å²) in [5.74, 6) is 2.02. The largest absolute Gasteiger partial charge is 0.392 e. The summed E-state index contributed by atoms with van der Waals surface area (Å²) in [6.45, 7) is 9.16. The quantitative estimate of drug-likeness (QED) is 0.251. The molecule has 0 saturated carbocycles. The number of aromatic amines is 1. The van der Waals surface area contributed by atoms with Crippen molar-refractivity contribution in [1.82, 2.24) is 24.4 Å². The van der Waals surface area contributed by atoms with E-state index in [0.717, 1.165) is 0 Å². The van der Waals surface area contributed by atoms with Crippen LogP contribution in [0.15, 0.2) is 11.1 Å². The summed E-state index contributed by atoms with van der Waals surface area (Å²) in [6.07, 6.45) is 5.59. The molecule has 0 fully saturated rings. The van der Waals surface area contributed by atoms with Gasteiger partial charge in [0.05, 0.1) is 19.5 Å². The van der Waals surface area contributed by atoms with E-state index in [9.17, 15) is 14.5 Å². The molecular weight excluding hydrogens is 415 g/mol. The van der Waals surface area contributed by atoms with E-state index < -0.39 is 31.7 Å². The summed E-state index contributed by atoms with van der Waals surface area (Å²) < 4.78 is 17.3. The minimum absolute atomic E-state index is 0.00181. The van der Waals surface area contributed by atoms with E-state index >= 15 is 0 Å². The Labute approximate surface area is 174 Å². The number of hydrogen-bond donors (Lipinski definition) is 5. The highest BCUT2D eigenvalue weighted by Crippen LogP contribution is 2.36. The Bertz CT molecular complexity index is 954. The first-order valence-corrected chi connectivity index (χ1v) is 11.0. The predicted octanol–water partition coefficient (Wildman–Crippen LogP) is -0.434. The number of imidazole rings is 1. The van der Waals surface area contributed by atoms with Crippen molar-refractivity contribution in [2.75, 3.05) is 38.3 Å². The molecule has 0 saturated heterocycles. The van der Waals surface area contributed by atoms with Crippen molar-refractivity contribution >= 4 is 24.7 Å². The van der Waals surface area contributed by atoms with E-state index in [2.05, 4.69) is 46.5 Å². The number of rotatable bonds is 9. The number of ether oxygens (including phenoxy) is 1. The highest BCUT2D eigenvalue weighted by molar-refractivity contribution is 7.51. The number of aliphatic hydroxyl groups is 1. The van der Waals surface area contributed by atoms with Gasteiger partial charge in [-0.25, -0.2) is 4.98 Å². The Kier molecular flexibility index (Phi) is 9.64. The van der Waals surface area contributed by atoms with Crippen LogP contribution >= 0.6 is 7.60 Å². The molecule has 12 nitrogen and oxygen atoms in total. The van der Waals surface area contributed by atoms with Gasteiger partial charge in [0.1, 0.15) is 0 Å². The third-order valence-corrected chi connectivity index (χ3v) is 4.75. The van der Waals surface area contributed by atoms with Gasteiger partial charge in [-0.1, -0.05) is 26.7 Å². The van der Waals surface area contributed by atoms with Crippen molar-refractivity contribution in [3.8, 4) is 12.3 Å². The second-order valence-corrected chi connectivity index (χ2v) is 7.94. The first kappa shape index (κ1) is 25.8. The Morgan fingerprint density at radius 1 is 1.37 bits per heavy atom. The number of aromatic nitrogens is 4. The highest BCUT2D eigenvalue weighted by atomic mass is 31.2. The number of fused-ring (bicyclic) bond motifs is 1. The predicted molar refractivity (Wildman–Crippen MR) is 113 cm³/mol. The Hall–Kier alpha value is -2.26. The maximum atomic E-state index is 11.7. The lowest BCUT2D eigenvalue weighted by molar-refractivity contribution is -0.0327. The lowest BCUT2D eigenvalue weighted by atomic mass is 10.1. The fourth-order valence-electron chi connectivity index (χ4n) is 2.51. The van der Waals surface area contributed by atoms with Crippen molar-refractivity contribution in [2.24, 2.45) is 0 Å². The van der Waals surface area contributed by atoms with E-state index in [1.54, 1.807) is 0 Å². The Morgan fingerprint density at radius 3 is 2.40 bits per heavy atom. The van der Waals surface area contributed by atoms with Gasteiger partial charge in [0.2, 0.25) is 5.95 Å². The van der Waals surface area contributed by atoms with Crippen LogP contribution in [0.2, 0.25) is 0 Å². The van der Waals surface area contributed by atoms with Gasteiger partial charge in [-0.3, -0.25) is 14.3 Å². The average Bonchev–Trinajstić information content (AvgIpc) is 3.09. The number of nitrogen functional groups attached to an aromatic ring is 1. The highest BCUT2D eigenvalue weighted by Gasteiger charge is 2.32. The molecule has 1 atom stereocenters. The summed E-state index contributed by atoms with van der Waals surface area (Å²) in [5, 5.41) is 9.49. The van der Waals surface area contributed by atoms with E-state index in [1.807, 2.05) is 0 Å². The molecule has 168 valence electrons. The van der Waals surface area contributed by atoms with E-state index in [4.69, 9.17) is 26.7 Å². The normalized spacial score (nSPS) is 13.5. The fourth-order valence-corrected chi connectivity index (χ4v) is 2.93. The smallest absolute Gasteiger partial charge is 0.351 e. The Morgan fingerprint density at radius 2 is 1.97 bits per heavy atom. The van der Waals surface area contributed by atoms with Crippen LogP contribution in [0.1, 0.15) is 20.8 Å². The van der Waals surface area contributed by atoms with Gasteiger partial charge in [0.15, 0.2) is 23.1 Å². The van der Waals surface area contributed by atoms with Crippen LogP contribution in [0.4, 0.5) is 5.95 Å². The molecule has 30 heavy (non-hydrogen) atoms. The van der Waals surface area contributed by atoms with Gasteiger partial charge in [-0.2, -0.15) is 4.98 Å². The summed E-state index contributed by atoms with van der Waals surface area (Å²) in [4.78, 5) is 41.9. The summed E-state index contributed by atoms with van der Waals surface area (Å²) in [7, 11) is -4.49. The topological polar surface area (TPSA) is 180 Å². The molecule has 2 aromatic heterocycles. The summed E-state index contributed by atoms with van der Waals surface area (Å²) in [5.41, 5.74) is 3.27. The third kappa shape index (κ3) is 7.21. The van der Waals surface area contributed by atoms with Crippen LogP contribution in [0.3, 0.4) is 0 Å².